The topological polar surface area (TPSA) is 88.3 Å². The Morgan fingerprint density at radius 3 is 2.58 bits per heavy atom. The number of ether oxygens (including phenoxy) is 1. The molecule has 33 heavy (non-hydrogen) atoms. The first-order valence-electron chi connectivity index (χ1n) is 11.3. The number of likely N-dealkylation sites (N-methyl/N-ethyl adjacent to an activating group) is 1. The summed E-state index contributed by atoms with van der Waals surface area (Å²) in [5.41, 5.74) is 5.37. The van der Waals surface area contributed by atoms with Crippen LogP contribution in [0.25, 0.3) is 22.6 Å². The predicted octanol–water partition coefficient (Wildman–Crippen LogP) is 3.52. The summed E-state index contributed by atoms with van der Waals surface area (Å²) < 4.78 is 11.0. The minimum Gasteiger partial charge on any atom is -0.378 e. The Balaban J connectivity index is 1.81. The van der Waals surface area contributed by atoms with E-state index in [1.165, 1.54) is 0 Å². The summed E-state index contributed by atoms with van der Waals surface area (Å²) in [4.78, 5) is 12.2. The Labute approximate surface area is 199 Å². The van der Waals surface area contributed by atoms with Crippen LogP contribution < -0.4 is 15.5 Å². The molecule has 0 radical (unpaired) electrons. The number of aromatic nitrogens is 3. The van der Waals surface area contributed by atoms with Crippen molar-refractivity contribution in [3.05, 3.63) is 45.8 Å². The molecule has 1 aromatic carbocycles. The molecule has 0 aliphatic carbocycles. The number of rotatable bonds is 8. The first-order chi connectivity index (χ1) is 16.0. The molecule has 3 heterocycles. The molecule has 9 heteroatoms. The number of hydrogen-bond donors (Lipinski definition) is 2. The maximum Gasteiger partial charge on any atom is 0.163 e. The van der Waals surface area contributed by atoms with Crippen LogP contribution in [0.15, 0.2) is 22.7 Å². The lowest BCUT2D eigenvalue weighted by Gasteiger charge is -2.30. The molecule has 0 bridgehead atoms. The summed E-state index contributed by atoms with van der Waals surface area (Å²) >= 11 is 6.87. The largest absolute Gasteiger partial charge is 0.378 e. The molecule has 4 rings (SSSR count). The molecule has 176 valence electrons. The number of nitrogens with one attached hydrogen (secondary N) is 2. The van der Waals surface area contributed by atoms with Gasteiger partial charge in [-0.25, -0.2) is 9.97 Å². The smallest absolute Gasteiger partial charge is 0.163 e. The van der Waals surface area contributed by atoms with Gasteiger partial charge in [-0.2, -0.15) is 0 Å². The van der Waals surface area contributed by atoms with Gasteiger partial charge in [-0.1, -0.05) is 28.9 Å². The van der Waals surface area contributed by atoms with Crippen LogP contribution in [0.2, 0.25) is 5.02 Å². The van der Waals surface area contributed by atoms with Crippen LogP contribution >= 0.6 is 11.6 Å². The molecule has 0 atom stereocenters. The normalized spacial score (nSPS) is 14.2. The number of benzene rings is 1. The van der Waals surface area contributed by atoms with Crippen LogP contribution in [0, 0.1) is 20.8 Å². The first-order valence-corrected chi connectivity index (χ1v) is 11.7. The van der Waals surface area contributed by atoms with Crippen LogP contribution in [0.5, 0.6) is 0 Å². The second kappa shape index (κ2) is 10.6. The quantitative estimate of drug-likeness (QED) is 0.483. The molecule has 0 spiro atoms. The summed E-state index contributed by atoms with van der Waals surface area (Å²) in [5.74, 6) is 2.23. The van der Waals surface area contributed by atoms with E-state index in [0.717, 1.165) is 71.4 Å². The SMILES string of the molecule is CNCCNCc1cccc(-c2nc(-c3c(C)noc3C)c(C)c(N3CCOCC3)n2)c1Cl. The number of morpholine rings is 1. The molecule has 0 saturated carbocycles. The van der Waals surface area contributed by atoms with E-state index in [1.54, 1.807) is 0 Å². The third-order valence-electron chi connectivity index (χ3n) is 5.89. The van der Waals surface area contributed by atoms with Crippen LogP contribution in [0.4, 0.5) is 5.82 Å². The third-order valence-corrected chi connectivity index (χ3v) is 6.33. The lowest BCUT2D eigenvalue weighted by molar-refractivity contribution is 0.122. The highest BCUT2D eigenvalue weighted by atomic mass is 35.5. The average Bonchev–Trinajstić information content (AvgIpc) is 3.16. The van der Waals surface area contributed by atoms with Crippen molar-refractivity contribution < 1.29 is 9.26 Å². The molecule has 1 aliphatic rings. The first kappa shape index (κ1) is 23.6. The third kappa shape index (κ3) is 5.04. The minimum absolute atomic E-state index is 0.596. The van der Waals surface area contributed by atoms with Gasteiger partial charge in [0.2, 0.25) is 0 Å². The van der Waals surface area contributed by atoms with Crippen LogP contribution in [0.1, 0.15) is 22.6 Å². The molecular formula is C24H31ClN6O2. The monoisotopic (exact) mass is 470 g/mol. The van der Waals surface area contributed by atoms with E-state index in [-0.39, 0.29) is 0 Å². The van der Waals surface area contributed by atoms with E-state index in [0.29, 0.717) is 30.6 Å². The van der Waals surface area contributed by atoms with Crippen molar-refractivity contribution in [2.24, 2.45) is 0 Å². The van der Waals surface area contributed by atoms with Gasteiger partial charge in [-0.3, -0.25) is 0 Å². The van der Waals surface area contributed by atoms with Gasteiger partial charge in [-0.05, 0) is 39.4 Å². The lowest BCUT2D eigenvalue weighted by atomic mass is 10.0. The van der Waals surface area contributed by atoms with Crippen molar-refractivity contribution >= 4 is 17.4 Å². The van der Waals surface area contributed by atoms with Crippen molar-refractivity contribution in [3.8, 4) is 22.6 Å². The molecular weight excluding hydrogens is 440 g/mol. The molecule has 2 N–H and O–H groups in total. The number of halogens is 1. The number of anilines is 1. The zero-order valence-corrected chi connectivity index (χ0v) is 20.4. The fourth-order valence-electron chi connectivity index (χ4n) is 4.10. The predicted molar refractivity (Wildman–Crippen MR) is 131 cm³/mol. The fourth-order valence-corrected chi connectivity index (χ4v) is 4.38. The Hall–Kier alpha value is -2.52. The highest BCUT2D eigenvalue weighted by Gasteiger charge is 2.24. The average molecular weight is 471 g/mol. The van der Waals surface area contributed by atoms with Crippen molar-refractivity contribution in [2.45, 2.75) is 27.3 Å². The summed E-state index contributed by atoms with van der Waals surface area (Å²) in [6, 6.07) is 6.01. The molecule has 8 nitrogen and oxygen atoms in total. The van der Waals surface area contributed by atoms with Gasteiger partial charge in [-0.15, -0.1) is 0 Å². The second-order valence-electron chi connectivity index (χ2n) is 8.20. The van der Waals surface area contributed by atoms with Gasteiger partial charge in [0.15, 0.2) is 5.82 Å². The maximum absolute atomic E-state index is 6.87. The highest BCUT2D eigenvalue weighted by Crippen LogP contribution is 2.36. The highest BCUT2D eigenvalue weighted by molar-refractivity contribution is 6.34. The van der Waals surface area contributed by atoms with Crippen LogP contribution in [-0.4, -0.2) is 61.6 Å². The molecule has 1 saturated heterocycles. The van der Waals surface area contributed by atoms with E-state index in [1.807, 2.05) is 39.1 Å². The van der Waals surface area contributed by atoms with Gasteiger partial charge in [0.05, 0.1) is 35.2 Å². The zero-order chi connectivity index (χ0) is 23.4. The molecule has 1 aliphatic heterocycles. The number of hydrogen-bond acceptors (Lipinski definition) is 8. The van der Waals surface area contributed by atoms with Crippen molar-refractivity contribution in [2.75, 3.05) is 51.3 Å². The van der Waals surface area contributed by atoms with E-state index in [2.05, 4.69) is 27.6 Å². The van der Waals surface area contributed by atoms with Crippen LogP contribution in [-0.2, 0) is 11.3 Å². The molecule has 0 unspecified atom stereocenters. The fraction of sp³-hybridized carbons (Fsp3) is 0.458. The van der Waals surface area contributed by atoms with Crippen molar-refractivity contribution in [3.63, 3.8) is 0 Å². The summed E-state index contributed by atoms with van der Waals surface area (Å²) in [6.45, 7) is 11.2. The van der Waals surface area contributed by atoms with E-state index >= 15 is 0 Å². The van der Waals surface area contributed by atoms with Crippen LogP contribution in [0.3, 0.4) is 0 Å². The second-order valence-corrected chi connectivity index (χ2v) is 8.58. The minimum atomic E-state index is 0.596. The Morgan fingerprint density at radius 2 is 1.88 bits per heavy atom. The Bertz CT molecular complexity index is 1090. The standard InChI is InChI=1S/C24H31ClN6O2/c1-15-22(20-16(2)30-33-17(20)3)28-23(29-24(15)31-10-12-32-13-11-31)19-7-5-6-18(21(19)25)14-27-9-8-26-4/h5-7,26-27H,8-14H2,1-4H3. The van der Waals surface area contributed by atoms with Crippen molar-refractivity contribution in [1.82, 2.24) is 25.8 Å². The maximum atomic E-state index is 6.87. The van der Waals surface area contributed by atoms with Gasteiger partial charge in [0.1, 0.15) is 11.6 Å². The molecule has 2 aromatic heterocycles. The van der Waals surface area contributed by atoms with Gasteiger partial charge in [0.25, 0.3) is 0 Å². The van der Waals surface area contributed by atoms with Gasteiger partial charge >= 0.3 is 0 Å². The lowest BCUT2D eigenvalue weighted by Crippen LogP contribution is -2.37. The van der Waals surface area contributed by atoms with E-state index in [4.69, 9.17) is 30.8 Å². The van der Waals surface area contributed by atoms with E-state index in [9.17, 15) is 0 Å². The Morgan fingerprint density at radius 1 is 1.09 bits per heavy atom. The molecule has 1 fully saturated rings. The zero-order valence-electron chi connectivity index (χ0n) is 19.7. The Kier molecular flexibility index (Phi) is 7.60. The van der Waals surface area contributed by atoms with Crippen molar-refractivity contribution in [1.29, 1.82) is 0 Å². The van der Waals surface area contributed by atoms with Gasteiger partial charge in [0, 0.05) is 43.9 Å². The number of nitrogens with zero attached hydrogens (tertiary/aromatic N) is 4. The molecule has 3 aromatic rings. The van der Waals surface area contributed by atoms with E-state index < -0.39 is 0 Å². The number of aryl methyl sites for hydroxylation is 2. The van der Waals surface area contributed by atoms with Gasteiger partial charge < -0.3 is 24.8 Å². The summed E-state index contributed by atoms with van der Waals surface area (Å²) in [7, 11) is 1.94. The summed E-state index contributed by atoms with van der Waals surface area (Å²) in [6.07, 6.45) is 0. The molecule has 0 amide bonds. The summed E-state index contributed by atoms with van der Waals surface area (Å²) in [5, 5.41) is 11.4.